The van der Waals surface area contributed by atoms with Crippen LogP contribution in [0.15, 0.2) is 24.3 Å². The summed E-state index contributed by atoms with van der Waals surface area (Å²) in [5, 5.41) is 3.34. The second-order valence-electron chi connectivity index (χ2n) is 4.10. The third-order valence-corrected chi connectivity index (χ3v) is 3.12. The number of rotatable bonds is 1. The fourth-order valence-electron chi connectivity index (χ4n) is 2.27. The quantitative estimate of drug-likeness (QED) is 0.750. The van der Waals surface area contributed by atoms with Gasteiger partial charge in [0, 0.05) is 13.0 Å². The Morgan fingerprint density at radius 2 is 2.20 bits per heavy atom. The van der Waals surface area contributed by atoms with Crippen molar-refractivity contribution in [3.05, 3.63) is 35.4 Å². The van der Waals surface area contributed by atoms with E-state index in [4.69, 9.17) is 4.74 Å². The third kappa shape index (κ3) is 1.65. The smallest absolute Gasteiger partial charge is 0.122 e. The maximum absolute atomic E-state index is 5.51. The number of ether oxygens (including phenoxy) is 1. The second kappa shape index (κ2) is 3.70. The summed E-state index contributed by atoms with van der Waals surface area (Å²) in [6.07, 6.45) is 4.50. The molecule has 2 heterocycles. The largest absolute Gasteiger partial charge is 0.493 e. The van der Waals surface area contributed by atoms with Crippen LogP contribution in [0.2, 0.25) is 0 Å². The van der Waals surface area contributed by atoms with Crippen LogP contribution in [0.5, 0.6) is 5.75 Å². The van der Waals surface area contributed by atoms with Crippen LogP contribution in [0.25, 0.3) is 5.57 Å². The van der Waals surface area contributed by atoms with Gasteiger partial charge in [0.05, 0.1) is 6.61 Å². The first-order chi connectivity index (χ1) is 7.43. The lowest BCUT2D eigenvalue weighted by Crippen LogP contribution is -2.20. The highest BCUT2D eigenvalue weighted by molar-refractivity contribution is 5.68. The van der Waals surface area contributed by atoms with Crippen LogP contribution in [0, 0.1) is 0 Å². The Labute approximate surface area is 89.9 Å². The van der Waals surface area contributed by atoms with E-state index in [1.54, 1.807) is 0 Å². The zero-order valence-electron chi connectivity index (χ0n) is 8.75. The average molecular weight is 201 g/mol. The van der Waals surface area contributed by atoms with E-state index >= 15 is 0 Å². The lowest BCUT2D eigenvalue weighted by atomic mass is 9.98. The van der Waals surface area contributed by atoms with Crippen LogP contribution in [-0.4, -0.2) is 19.7 Å². The molecule has 2 heteroatoms. The van der Waals surface area contributed by atoms with Crippen molar-refractivity contribution in [3.63, 3.8) is 0 Å². The van der Waals surface area contributed by atoms with Gasteiger partial charge in [-0.15, -0.1) is 0 Å². The Bertz CT molecular complexity index is 409. The van der Waals surface area contributed by atoms with Crippen LogP contribution < -0.4 is 10.1 Å². The van der Waals surface area contributed by atoms with E-state index in [1.807, 2.05) is 0 Å². The Hall–Kier alpha value is -1.28. The maximum atomic E-state index is 5.51. The second-order valence-corrected chi connectivity index (χ2v) is 4.10. The van der Waals surface area contributed by atoms with Crippen LogP contribution in [0.1, 0.15) is 17.5 Å². The normalized spacial score (nSPS) is 19.3. The van der Waals surface area contributed by atoms with Gasteiger partial charge >= 0.3 is 0 Å². The minimum absolute atomic E-state index is 0.847. The average Bonchev–Trinajstić information content (AvgIpc) is 2.77. The molecule has 0 bridgehead atoms. The summed E-state index contributed by atoms with van der Waals surface area (Å²) in [6.45, 7) is 2.95. The van der Waals surface area contributed by atoms with E-state index in [9.17, 15) is 0 Å². The fraction of sp³-hybridized carbons (Fsp3) is 0.385. The van der Waals surface area contributed by atoms with Gasteiger partial charge in [-0.25, -0.2) is 0 Å². The highest BCUT2D eigenvalue weighted by Gasteiger charge is 2.13. The molecular formula is C13H15NO. The van der Waals surface area contributed by atoms with Gasteiger partial charge in [-0.2, -0.15) is 0 Å². The van der Waals surface area contributed by atoms with Crippen molar-refractivity contribution in [1.82, 2.24) is 5.32 Å². The van der Waals surface area contributed by atoms with Crippen molar-refractivity contribution in [2.45, 2.75) is 12.8 Å². The molecule has 0 unspecified atom stereocenters. The maximum Gasteiger partial charge on any atom is 0.122 e. The molecule has 1 aromatic rings. The SMILES string of the molecule is C1=C(c2ccc3c(c2)CCO3)CCNC1. The van der Waals surface area contributed by atoms with Gasteiger partial charge in [-0.05, 0) is 41.8 Å². The summed E-state index contributed by atoms with van der Waals surface area (Å²) >= 11 is 0. The predicted molar refractivity (Wildman–Crippen MR) is 61.1 cm³/mol. The minimum Gasteiger partial charge on any atom is -0.493 e. The van der Waals surface area contributed by atoms with Gasteiger partial charge in [0.15, 0.2) is 0 Å². The van der Waals surface area contributed by atoms with Crippen LogP contribution in [0.3, 0.4) is 0 Å². The predicted octanol–water partition coefficient (Wildman–Crippen LogP) is 2.00. The topological polar surface area (TPSA) is 21.3 Å². The lowest BCUT2D eigenvalue weighted by Gasteiger charge is -2.14. The van der Waals surface area contributed by atoms with Gasteiger partial charge in [0.25, 0.3) is 0 Å². The summed E-state index contributed by atoms with van der Waals surface area (Å²) in [7, 11) is 0. The summed E-state index contributed by atoms with van der Waals surface area (Å²) in [6, 6.07) is 6.58. The van der Waals surface area contributed by atoms with Gasteiger partial charge in [0.2, 0.25) is 0 Å². The van der Waals surface area contributed by atoms with E-state index < -0.39 is 0 Å². The van der Waals surface area contributed by atoms with Crippen molar-refractivity contribution in [3.8, 4) is 5.75 Å². The molecule has 0 fully saturated rings. The van der Waals surface area contributed by atoms with Crippen molar-refractivity contribution in [2.24, 2.45) is 0 Å². The standard InChI is InChI=1S/C13H15NO/c1-2-13-12(5-8-15-13)9-11(1)10-3-6-14-7-4-10/h1-3,9,14H,4-8H2. The fourth-order valence-corrected chi connectivity index (χ4v) is 2.27. The summed E-state index contributed by atoms with van der Waals surface area (Å²) in [5.74, 6) is 1.08. The molecule has 78 valence electrons. The van der Waals surface area contributed by atoms with E-state index in [1.165, 1.54) is 16.7 Å². The molecule has 0 atom stereocenters. The minimum atomic E-state index is 0.847. The lowest BCUT2D eigenvalue weighted by molar-refractivity contribution is 0.357. The van der Waals surface area contributed by atoms with Crippen molar-refractivity contribution in [2.75, 3.05) is 19.7 Å². The Morgan fingerprint density at radius 1 is 1.20 bits per heavy atom. The molecule has 0 radical (unpaired) electrons. The molecule has 1 aromatic carbocycles. The van der Waals surface area contributed by atoms with E-state index in [2.05, 4.69) is 29.6 Å². The zero-order valence-corrected chi connectivity index (χ0v) is 8.75. The Morgan fingerprint density at radius 3 is 3.07 bits per heavy atom. The molecule has 15 heavy (non-hydrogen) atoms. The molecule has 0 aliphatic carbocycles. The molecule has 0 saturated heterocycles. The number of nitrogens with one attached hydrogen (secondary N) is 1. The van der Waals surface area contributed by atoms with Crippen LogP contribution in [-0.2, 0) is 6.42 Å². The van der Waals surface area contributed by atoms with Crippen LogP contribution >= 0.6 is 0 Å². The van der Waals surface area contributed by atoms with Gasteiger partial charge in [0.1, 0.15) is 5.75 Å². The van der Waals surface area contributed by atoms with Gasteiger partial charge in [-0.1, -0.05) is 12.1 Å². The molecule has 1 N–H and O–H groups in total. The van der Waals surface area contributed by atoms with E-state index in [-0.39, 0.29) is 0 Å². The van der Waals surface area contributed by atoms with Gasteiger partial charge < -0.3 is 10.1 Å². The molecule has 2 aliphatic rings. The van der Waals surface area contributed by atoms with Crippen molar-refractivity contribution < 1.29 is 4.74 Å². The van der Waals surface area contributed by atoms with Crippen LogP contribution in [0.4, 0.5) is 0 Å². The molecule has 0 spiro atoms. The first kappa shape index (κ1) is 8.98. The number of fused-ring (bicyclic) bond motifs is 1. The number of benzene rings is 1. The molecule has 2 aliphatic heterocycles. The zero-order chi connectivity index (χ0) is 10.1. The highest BCUT2D eigenvalue weighted by atomic mass is 16.5. The van der Waals surface area contributed by atoms with E-state index in [0.29, 0.717) is 0 Å². The number of hydrogen-bond donors (Lipinski definition) is 1. The first-order valence-corrected chi connectivity index (χ1v) is 5.59. The molecule has 0 amide bonds. The third-order valence-electron chi connectivity index (χ3n) is 3.12. The summed E-state index contributed by atoms with van der Waals surface area (Å²) in [4.78, 5) is 0. The molecule has 3 rings (SSSR count). The molecule has 2 nitrogen and oxygen atoms in total. The molecular weight excluding hydrogens is 186 g/mol. The highest BCUT2D eigenvalue weighted by Crippen LogP contribution is 2.29. The molecule has 0 saturated carbocycles. The molecule has 0 aromatic heterocycles. The summed E-state index contributed by atoms with van der Waals surface area (Å²) < 4.78 is 5.51. The number of hydrogen-bond acceptors (Lipinski definition) is 2. The van der Waals surface area contributed by atoms with Crippen molar-refractivity contribution >= 4 is 5.57 Å². The monoisotopic (exact) mass is 201 g/mol. The van der Waals surface area contributed by atoms with Crippen molar-refractivity contribution in [1.29, 1.82) is 0 Å². The van der Waals surface area contributed by atoms with Gasteiger partial charge in [-0.3, -0.25) is 0 Å². The Kier molecular flexibility index (Phi) is 2.22. The Balaban J connectivity index is 1.95. The summed E-state index contributed by atoms with van der Waals surface area (Å²) in [5.41, 5.74) is 4.22. The van der Waals surface area contributed by atoms with E-state index in [0.717, 1.165) is 38.3 Å². The first-order valence-electron chi connectivity index (χ1n) is 5.59.